The standard InChI is InChI=1S/C13H19NO/c1-10(2)15-13-8-6-12(7-9-13)14-11-4-3-5-11/h6-11,14H,3-5H2,1-2H3. The molecule has 0 unspecified atom stereocenters. The minimum Gasteiger partial charge on any atom is -0.491 e. The third-order valence-corrected chi connectivity index (χ3v) is 2.70. The molecule has 2 rings (SSSR count). The third-order valence-electron chi connectivity index (χ3n) is 2.70. The maximum Gasteiger partial charge on any atom is 0.119 e. The molecule has 1 aromatic carbocycles. The molecule has 1 aromatic rings. The van der Waals surface area contributed by atoms with E-state index in [0.29, 0.717) is 6.04 Å². The van der Waals surface area contributed by atoms with Crippen molar-refractivity contribution in [2.24, 2.45) is 0 Å². The highest BCUT2D eigenvalue weighted by atomic mass is 16.5. The summed E-state index contributed by atoms with van der Waals surface area (Å²) in [6.07, 6.45) is 4.23. The molecule has 0 atom stereocenters. The van der Waals surface area contributed by atoms with Gasteiger partial charge in [0.25, 0.3) is 0 Å². The van der Waals surface area contributed by atoms with E-state index in [0.717, 1.165) is 5.75 Å². The molecule has 1 aliphatic rings. The lowest BCUT2D eigenvalue weighted by Gasteiger charge is -2.27. The van der Waals surface area contributed by atoms with Crippen LogP contribution in [0.5, 0.6) is 5.75 Å². The first-order chi connectivity index (χ1) is 7.24. The van der Waals surface area contributed by atoms with Gasteiger partial charge in [-0.05, 0) is 57.4 Å². The first-order valence-corrected chi connectivity index (χ1v) is 5.77. The molecule has 0 spiro atoms. The Morgan fingerprint density at radius 3 is 2.33 bits per heavy atom. The molecular weight excluding hydrogens is 186 g/mol. The number of hydrogen-bond acceptors (Lipinski definition) is 2. The quantitative estimate of drug-likeness (QED) is 0.813. The molecule has 0 heterocycles. The molecule has 1 aliphatic carbocycles. The molecule has 0 aliphatic heterocycles. The second-order valence-electron chi connectivity index (χ2n) is 4.46. The zero-order valence-electron chi connectivity index (χ0n) is 9.49. The van der Waals surface area contributed by atoms with Crippen molar-refractivity contribution in [2.45, 2.75) is 45.3 Å². The molecule has 1 fully saturated rings. The van der Waals surface area contributed by atoms with Gasteiger partial charge in [-0.1, -0.05) is 0 Å². The summed E-state index contributed by atoms with van der Waals surface area (Å²) in [5.74, 6) is 0.948. The molecule has 2 heteroatoms. The van der Waals surface area contributed by atoms with Gasteiger partial charge in [0.2, 0.25) is 0 Å². The second-order valence-corrected chi connectivity index (χ2v) is 4.46. The number of benzene rings is 1. The number of nitrogens with one attached hydrogen (secondary N) is 1. The Morgan fingerprint density at radius 1 is 1.20 bits per heavy atom. The van der Waals surface area contributed by atoms with Gasteiger partial charge in [-0.25, -0.2) is 0 Å². The fraction of sp³-hybridized carbons (Fsp3) is 0.538. The smallest absolute Gasteiger partial charge is 0.119 e. The van der Waals surface area contributed by atoms with E-state index >= 15 is 0 Å². The number of anilines is 1. The van der Waals surface area contributed by atoms with Gasteiger partial charge in [0, 0.05) is 11.7 Å². The Balaban J connectivity index is 1.91. The van der Waals surface area contributed by atoms with Gasteiger partial charge in [0.1, 0.15) is 5.75 Å². The molecule has 1 N–H and O–H groups in total. The van der Waals surface area contributed by atoms with Crippen molar-refractivity contribution in [1.29, 1.82) is 0 Å². The largest absolute Gasteiger partial charge is 0.491 e. The summed E-state index contributed by atoms with van der Waals surface area (Å²) in [5, 5.41) is 3.50. The van der Waals surface area contributed by atoms with Crippen molar-refractivity contribution in [3.63, 3.8) is 0 Å². The Bertz CT molecular complexity index is 301. The van der Waals surface area contributed by atoms with E-state index in [1.165, 1.54) is 24.9 Å². The summed E-state index contributed by atoms with van der Waals surface area (Å²) < 4.78 is 5.59. The van der Waals surface area contributed by atoms with Gasteiger partial charge in [-0.15, -0.1) is 0 Å². The summed E-state index contributed by atoms with van der Waals surface area (Å²) in [6.45, 7) is 4.08. The van der Waals surface area contributed by atoms with Crippen molar-refractivity contribution < 1.29 is 4.74 Å². The Morgan fingerprint density at radius 2 is 1.87 bits per heavy atom. The monoisotopic (exact) mass is 205 g/mol. The first kappa shape index (κ1) is 10.3. The van der Waals surface area contributed by atoms with Crippen LogP contribution < -0.4 is 10.1 Å². The molecule has 2 nitrogen and oxygen atoms in total. The van der Waals surface area contributed by atoms with E-state index in [1.807, 2.05) is 26.0 Å². The van der Waals surface area contributed by atoms with E-state index in [1.54, 1.807) is 0 Å². The SMILES string of the molecule is CC(C)Oc1ccc(NC2CCC2)cc1. The minimum atomic E-state index is 0.246. The van der Waals surface area contributed by atoms with E-state index in [2.05, 4.69) is 17.4 Å². The number of rotatable bonds is 4. The highest BCUT2D eigenvalue weighted by molar-refractivity contribution is 5.47. The molecular formula is C13H19NO. The maximum absolute atomic E-state index is 5.59. The molecule has 0 bridgehead atoms. The van der Waals surface area contributed by atoms with Gasteiger partial charge >= 0.3 is 0 Å². The van der Waals surface area contributed by atoms with Crippen LogP contribution in [0, 0.1) is 0 Å². The summed E-state index contributed by atoms with van der Waals surface area (Å²) in [4.78, 5) is 0. The predicted octanol–water partition coefficient (Wildman–Crippen LogP) is 3.44. The number of hydrogen-bond donors (Lipinski definition) is 1. The second kappa shape index (κ2) is 4.56. The average molecular weight is 205 g/mol. The van der Waals surface area contributed by atoms with Gasteiger partial charge in [0.15, 0.2) is 0 Å². The van der Waals surface area contributed by atoms with E-state index in [-0.39, 0.29) is 6.10 Å². The lowest BCUT2D eigenvalue weighted by molar-refractivity contribution is 0.242. The van der Waals surface area contributed by atoms with Crippen molar-refractivity contribution in [1.82, 2.24) is 0 Å². The van der Waals surface area contributed by atoms with Gasteiger partial charge in [-0.3, -0.25) is 0 Å². The molecule has 82 valence electrons. The third kappa shape index (κ3) is 2.88. The van der Waals surface area contributed by atoms with E-state index in [9.17, 15) is 0 Å². The maximum atomic E-state index is 5.59. The van der Waals surface area contributed by atoms with Crippen molar-refractivity contribution in [3.05, 3.63) is 24.3 Å². The van der Waals surface area contributed by atoms with Crippen LogP contribution in [0.1, 0.15) is 33.1 Å². The summed E-state index contributed by atoms with van der Waals surface area (Å²) in [5.41, 5.74) is 1.20. The molecule has 0 amide bonds. The summed E-state index contributed by atoms with van der Waals surface area (Å²) in [7, 11) is 0. The van der Waals surface area contributed by atoms with Crippen LogP contribution in [0.2, 0.25) is 0 Å². The van der Waals surface area contributed by atoms with Gasteiger partial charge in [0.05, 0.1) is 6.10 Å². The molecule has 0 saturated heterocycles. The predicted molar refractivity (Wildman–Crippen MR) is 63.5 cm³/mol. The highest BCUT2D eigenvalue weighted by Gasteiger charge is 2.16. The lowest BCUT2D eigenvalue weighted by Crippen LogP contribution is -2.26. The van der Waals surface area contributed by atoms with Crippen molar-refractivity contribution in [2.75, 3.05) is 5.32 Å². The van der Waals surface area contributed by atoms with Crippen LogP contribution in [0.25, 0.3) is 0 Å². The zero-order valence-corrected chi connectivity index (χ0v) is 9.49. The van der Waals surface area contributed by atoms with Gasteiger partial charge < -0.3 is 10.1 Å². The van der Waals surface area contributed by atoms with Crippen LogP contribution in [0.4, 0.5) is 5.69 Å². The average Bonchev–Trinajstić information content (AvgIpc) is 2.13. The summed E-state index contributed by atoms with van der Waals surface area (Å²) in [6, 6.07) is 8.94. The minimum absolute atomic E-state index is 0.246. The first-order valence-electron chi connectivity index (χ1n) is 5.77. The Hall–Kier alpha value is -1.18. The fourth-order valence-electron chi connectivity index (χ4n) is 1.69. The van der Waals surface area contributed by atoms with Crippen LogP contribution in [0.3, 0.4) is 0 Å². The van der Waals surface area contributed by atoms with Crippen LogP contribution in [-0.4, -0.2) is 12.1 Å². The van der Waals surface area contributed by atoms with Crippen molar-refractivity contribution >= 4 is 5.69 Å². The highest BCUT2D eigenvalue weighted by Crippen LogP contribution is 2.24. The zero-order chi connectivity index (χ0) is 10.7. The van der Waals surface area contributed by atoms with Crippen molar-refractivity contribution in [3.8, 4) is 5.75 Å². The Labute approximate surface area is 91.6 Å². The normalized spacial score (nSPS) is 16.2. The fourth-order valence-corrected chi connectivity index (χ4v) is 1.69. The Kier molecular flexibility index (Phi) is 3.14. The van der Waals surface area contributed by atoms with E-state index < -0.39 is 0 Å². The topological polar surface area (TPSA) is 21.3 Å². The van der Waals surface area contributed by atoms with Crippen LogP contribution in [0.15, 0.2) is 24.3 Å². The molecule has 0 radical (unpaired) electrons. The molecule has 0 aromatic heterocycles. The summed E-state index contributed by atoms with van der Waals surface area (Å²) >= 11 is 0. The molecule has 1 saturated carbocycles. The number of ether oxygens (including phenoxy) is 1. The molecule has 15 heavy (non-hydrogen) atoms. The van der Waals surface area contributed by atoms with Gasteiger partial charge in [-0.2, -0.15) is 0 Å². The van der Waals surface area contributed by atoms with Crippen LogP contribution >= 0.6 is 0 Å². The lowest BCUT2D eigenvalue weighted by atomic mass is 9.93. The van der Waals surface area contributed by atoms with Crippen LogP contribution in [-0.2, 0) is 0 Å². The van der Waals surface area contributed by atoms with E-state index in [4.69, 9.17) is 4.74 Å².